The van der Waals surface area contributed by atoms with Crippen LogP contribution in [0.5, 0.6) is 11.6 Å². The SMILES string of the molecule is CNc1nccc2[nH]c(-c3c(Oc4ccc(F)c(F)c4C)ncc(C(F)(F)F)c3C)cc(=O)c12. The lowest BCUT2D eigenvalue weighted by Crippen LogP contribution is -2.12. The van der Waals surface area contributed by atoms with Crippen LogP contribution < -0.4 is 15.5 Å². The first kappa shape index (κ1) is 23.1. The Labute approximate surface area is 189 Å². The molecule has 6 nitrogen and oxygen atoms in total. The number of halogens is 5. The van der Waals surface area contributed by atoms with Gasteiger partial charge in [0, 0.05) is 31.1 Å². The summed E-state index contributed by atoms with van der Waals surface area (Å²) >= 11 is 0. The van der Waals surface area contributed by atoms with Crippen molar-refractivity contribution in [3.8, 4) is 22.9 Å². The molecule has 2 N–H and O–H groups in total. The number of benzene rings is 1. The van der Waals surface area contributed by atoms with Gasteiger partial charge in [0.25, 0.3) is 0 Å². The number of fused-ring (bicyclic) bond motifs is 1. The average molecular weight is 476 g/mol. The summed E-state index contributed by atoms with van der Waals surface area (Å²) in [6.45, 7) is 2.47. The summed E-state index contributed by atoms with van der Waals surface area (Å²) in [5, 5.41) is 3.00. The fourth-order valence-corrected chi connectivity index (χ4v) is 3.63. The van der Waals surface area contributed by atoms with Gasteiger partial charge in [-0.1, -0.05) is 0 Å². The zero-order valence-electron chi connectivity index (χ0n) is 18.1. The van der Waals surface area contributed by atoms with Gasteiger partial charge < -0.3 is 15.0 Å². The molecular formula is C23H17F5N4O2. The lowest BCUT2D eigenvalue weighted by Gasteiger charge is -2.18. The minimum atomic E-state index is -4.73. The number of aromatic amines is 1. The summed E-state index contributed by atoms with van der Waals surface area (Å²) < 4.78 is 74.1. The minimum Gasteiger partial charge on any atom is -0.438 e. The molecule has 0 saturated carbocycles. The van der Waals surface area contributed by atoms with E-state index < -0.39 is 28.8 Å². The molecule has 4 rings (SSSR count). The van der Waals surface area contributed by atoms with E-state index >= 15 is 0 Å². The van der Waals surface area contributed by atoms with Gasteiger partial charge in [-0.25, -0.2) is 18.7 Å². The van der Waals surface area contributed by atoms with Gasteiger partial charge in [-0.15, -0.1) is 0 Å². The van der Waals surface area contributed by atoms with Crippen molar-refractivity contribution >= 4 is 16.7 Å². The van der Waals surface area contributed by atoms with Gasteiger partial charge in [0.2, 0.25) is 5.88 Å². The van der Waals surface area contributed by atoms with Crippen LogP contribution in [0.2, 0.25) is 0 Å². The molecule has 176 valence electrons. The lowest BCUT2D eigenvalue weighted by atomic mass is 10.0. The van der Waals surface area contributed by atoms with Gasteiger partial charge in [0.1, 0.15) is 11.6 Å². The van der Waals surface area contributed by atoms with E-state index in [0.29, 0.717) is 11.7 Å². The summed E-state index contributed by atoms with van der Waals surface area (Å²) in [4.78, 5) is 23.7. The molecule has 3 aromatic heterocycles. The number of rotatable bonds is 4. The molecule has 0 aliphatic rings. The van der Waals surface area contributed by atoms with Crippen LogP contribution >= 0.6 is 0 Å². The third-order valence-corrected chi connectivity index (χ3v) is 5.35. The number of hydrogen-bond donors (Lipinski definition) is 2. The van der Waals surface area contributed by atoms with Crippen LogP contribution in [-0.4, -0.2) is 22.0 Å². The van der Waals surface area contributed by atoms with Crippen molar-refractivity contribution in [3.05, 3.63) is 75.2 Å². The molecule has 0 radical (unpaired) electrons. The Morgan fingerprint density at radius 2 is 1.79 bits per heavy atom. The number of pyridine rings is 3. The third-order valence-electron chi connectivity index (χ3n) is 5.35. The molecule has 4 aromatic rings. The Morgan fingerprint density at radius 3 is 2.47 bits per heavy atom. The first-order valence-electron chi connectivity index (χ1n) is 9.92. The molecule has 34 heavy (non-hydrogen) atoms. The van der Waals surface area contributed by atoms with Gasteiger partial charge in [0.05, 0.1) is 27.7 Å². The molecule has 0 amide bonds. The summed E-state index contributed by atoms with van der Waals surface area (Å²) in [5.41, 5.74) is -1.85. The molecule has 0 aliphatic carbocycles. The highest BCUT2D eigenvalue weighted by molar-refractivity contribution is 5.90. The zero-order valence-corrected chi connectivity index (χ0v) is 18.1. The van der Waals surface area contributed by atoms with Crippen molar-refractivity contribution in [1.82, 2.24) is 15.0 Å². The van der Waals surface area contributed by atoms with Crippen molar-refractivity contribution in [3.63, 3.8) is 0 Å². The van der Waals surface area contributed by atoms with E-state index in [2.05, 4.69) is 20.3 Å². The van der Waals surface area contributed by atoms with Gasteiger partial charge in [-0.05, 0) is 37.6 Å². The number of aromatic nitrogens is 3. The first-order chi connectivity index (χ1) is 16.0. The maximum absolute atomic E-state index is 14.0. The highest BCUT2D eigenvalue weighted by Gasteiger charge is 2.35. The van der Waals surface area contributed by atoms with Crippen LogP contribution in [0.15, 0.2) is 41.5 Å². The third kappa shape index (κ3) is 3.93. The van der Waals surface area contributed by atoms with Crippen molar-refractivity contribution in [2.75, 3.05) is 12.4 Å². The highest BCUT2D eigenvalue weighted by atomic mass is 19.4. The van der Waals surface area contributed by atoms with E-state index in [9.17, 15) is 26.7 Å². The van der Waals surface area contributed by atoms with E-state index in [1.807, 2.05) is 0 Å². The number of nitrogens with one attached hydrogen (secondary N) is 2. The van der Waals surface area contributed by atoms with Gasteiger partial charge in [-0.2, -0.15) is 13.2 Å². The van der Waals surface area contributed by atoms with E-state index in [1.54, 1.807) is 7.05 Å². The molecule has 3 heterocycles. The molecule has 0 unspecified atom stereocenters. The van der Waals surface area contributed by atoms with Crippen molar-refractivity contribution in [2.24, 2.45) is 0 Å². The largest absolute Gasteiger partial charge is 0.438 e. The molecule has 0 fully saturated rings. The predicted molar refractivity (Wildman–Crippen MR) is 116 cm³/mol. The van der Waals surface area contributed by atoms with Gasteiger partial charge >= 0.3 is 6.18 Å². The minimum absolute atomic E-state index is 0.00269. The Kier molecular flexibility index (Phi) is 5.72. The second-order valence-electron chi connectivity index (χ2n) is 7.44. The van der Waals surface area contributed by atoms with Crippen molar-refractivity contribution in [2.45, 2.75) is 20.0 Å². The Bertz CT molecular complexity index is 1480. The quantitative estimate of drug-likeness (QED) is 0.368. The van der Waals surface area contributed by atoms with Crippen molar-refractivity contribution in [1.29, 1.82) is 0 Å². The van der Waals surface area contributed by atoms with Crippen molar-refractivity contribution < 1.29 is 26.7 Å². The van der Waals surface area contributed by atoms with Crippen LogP contribution in [-0.2, 0) is 6.18 Å². The number of anilines is 1. The lowest BCUT2D eigenvalue weighted by molar-refractivity contribution is -0.138. The maximum Gasteiger partial charge on any atom is 0.418 e. The topological polar surface area (TPSA) is 79.9 Å². The van der Waals surface area contributed by atoms with Gasteiger partial charge in [-0.3, -0.25) is 4.79 Å². The second-order valence-corrected chi connectivity index (χ2v) is 7.44. The van der Waals surface area contributed by atoms with Crippen LogP contribution in [0, 0.1) is 25.5 Å². The highest BCUT2D eigenvalue weighted by Crippen LogP contribution is 2.41. The second kappa shape index (κ2) is 8.40. The van der Waals surface area contributed by atoms with Crippen LogP contribution in [0.3, 0.4) is 0 Å². The fraction of sp³-hybridized carbons (Fsp3) is 0.174. The molecular weight excluding hydrogens is 459 g/mol. The Hall–Kier alpha value is -4.02. The van der Waals surface area contributed by atoms with Crippen LogP contribution in [0.1, 0.15) is 16.7 Å². The fourth-order valence-electron chi connectivity index (χ4n) is 3.63. The van der Waals surface area contributed by atoms with E-state index in [-0.39, 0.29) is 45.2 Å². The van der Waals surface area contributed by atoms with Crippen LogP contribution in [0.25, 0.3) is 22.2 Å². The molecule has 0 saturated heterocycles. The summed E-state index contributed by atoms with van der Waals surface area (Å²) in [7, 11) is 1.58. The van der Waals surface area contributed by atoms with Crippen LogP contribution in [0.4, 0.5) is 27.8 Å². The Balaban J connectivity index is 1.99. The summed E-state index contributed by atoms with van der Waals surface area (Å²) in [6.07, 6.45) is -2.72. The molecule has 0 aliphatic heterocycles. The van der Waals surface area contributed by atoms with Gasteiger partial charge in [0.15, 0.2) is 17.1 Å². The number of hydrogen-bond acceptors (Lipinski definition) is 5. The monoisotopic (exact) mass is 476 g/mol. The number of ether oxygens (including phenoxy) is 1. The maximum atomic E-state index is 14.0. The van der Waals surface area contributed by atoms with E-state index in [4.69, 9.17) is 4.74 Å². The summed E-state index contributed by atoms with van der Waals surface area (Å²) in [5.74, 6) is -2.43. The van der Waals surface area contributed by atoms with E-state index in [1.165, 1.54) is 26.1 Å². The summed E-state index contributed by atoms with van der Waals surface area (Å²) in [6, 6.07) is 4.58. The molecule has 1 aromatic carbocycles. The number of H-pyrrole nitrogens is 1. The smallest absolute Gasteiger partial charge is 0.418 e. The zero-order chi connectivity index (χ0) is 24.8. The standard InChI is InChI=1S/C23H17F5N4O2/c1-10-12(23(26,27)28)9-31-22(34-17-5-4-13(24)20(25)11(17)2)18(10)15-8-16(33)19-14(32-15)6-7-30-21(19)29-3/h4-9H,1-3H3,(H,29,30)(H,32,33). The molecule has 0 atom stereocenters. The van der Waals surface area contributed by atoms with E-state index in [0.717, 1.165) is 18.2 Å². The molecule has 0 spiro atoms. The average Bonchev–Trinajstić information content (AvgIpc) is 2.78. The number of alkyl halides is 3. The molecule has 0 bridgehead atoms. The first-order valence-corrected chi connectivity index (χ1v) is 9.92. The molecule has 11 heteroatoms. The predicted octanol–water partition coefficient (Wildman–Crippen LogP) is 5.73. The normalized spacial score (nSPS) is 11.6. The Morgan fingerprint density at radius 1 is 1.06 bits per heavy atom. The number of nitrogens with zero attached hydrogens (tertiary/aromatic N) is 2.